The van der Waals surface area contributed by atoms with Crippen molar-refractivity contribution in [2.75, 3.05) is 10.6 Å². The van der Waals surface area contributed by atoms with Crippen molar-refractivity contribution in [3.05, 3.63) is 166 Å². The second-order valence-electron chi connectivity index (χ2n) is 9.81. The van der Waals surface area contributed by atoms with E-state index >= 15 is 0 Å². The topological polar surface area (TPSA) is 143 Å². The van der Waals surface area contributed by atoms with Crippen LogP contribution < -0.4 is 16.0 Å². The normalized spacial score (nSPS) is 11.6. The average Bonchev–Trinajstić information content (AvgIpc) is 3.08. The molecule has 0 fully saturated rings. The van der Waals surface area contributed by atoms with Crippen molar-refractivity contribution in [1.29, 1.82) is 0 Å². The van der Waals surface area contributed by atoms with E-state index in [4.69, 9.17) is 0 Å². The van der Waals surface area contributed by atoms with Crippen molar-refractivity contribution in [2.24, 2.45) is 0 Å². The Balaban J connectivity index is 1.40. The number of rotatable bonds is 11. The number of carbonyl (C=O) groups excluding carboxylic acids is 3. The molecule has 1 atom stereocenters. The lowest BCUT2D eigenvalue weighted by Crippen LogP contribution is -2.30. The molecule has 0 aliphatic heterocycles. The molecule has 5 aromatic rings. The average molecular weight is 630 g/mol. The number of para-hydroxylation sites is 1. The molecule has 1 unspecified atom stereocenters. The smallest absolute Gasteiger partial charge is 0.276 e. The van der Waals surface area contributed by atoms with Gasteiger partial charge in [-0.15, -0.1) is 11.8 Å². The zero-order valence-electron chi connectivity index (χ0n) is 24.2. The summed E-state index contributed by atoms with van der Waals surface area (Å²) >= 11 is 1.30. The second-order valence-corrected chi connectivity index (χ2v) is 11.0. The van der Waals surface area contributed by atoms with E-state index in [2.05, 4.69) is 20.9 Å². The van der Waals surface area contributed by atoms with Crippen LogP contribution >= 0.6 is 11.8 Å². The number of benzene rings is 4. The van der Waals surface area contributed by atoms with Gasteiger partial charge in [0.05, 0.1) is 10.5 Å². The zero-order valence-corrected chi connectivity index (χ0v) is 25.0. The molecule has 0 aliphatic rings. The largest absolute Gasteiger partial charge is 0.325 e. The van der Waals surface area contributed by atoms with E-state index in [-0.39, 0.29) is 22.9 Å². The first-order valence-corrected chi connectivity index (χ1v) is 14.9. The predicted molar refractivity (Wildman–Crippen MR) is 178 cm³/mol. The molecule has 3 N–H and O–H groups in total. The number of pyridine rings is 1. The van der Waals surface area contributed by atoms with Gasteiger partial charge in [-0.05, 0) is 60.2 Å². The van der Waals surface area contributed by atoms with Crippen molar-refractivity contribution >= 4 is 52.6 Å². The molecular formula is C35H27N5O5S. The lowest BCUT2D eigenvalue weighted by molar-refractivity contribution is -0.385. The number of nitro groups is 1. The fourth-order valence-corrected chi connectivity index (χ4v) is 5.48. The van der Waals surface area contributed by atoms with Crippen LogP contribution in [0.2, 0.25) is 0 Å². The third-order valence-corrected chi connectivity index (χ3v) is 7.84. The summed E-state index contributed by atoms with van der Waals surface area (Å²) in [6.45, 7) is 0. The summed E-state index contributed by atoms with van der Waals surface area (Å²) in [5.74, 6) is -1.49. The summed E-state index contributed by atoms with van der Waals surface area (Å²) in [5, 5.41) is 19.3. The van der Waals surface area contributed by atoms with E-state index in [0.717, 1.165) is 5.56 Å². The molecule has 0 saturated carbocycles. The summed E-state index contributed by atoms with van der Waals surface area (Å²) in [4.78, 5) is 55.8. The van der Waals surface area contributed by atoms with E-state index in [0.29, 0.717) is 21.8 Å². The van der Waals surface area contributed by atoms with Crippen molar-refractivity contribution < 1.29 is 19.3 Å². The van der Waals surface area contributed by atoms with E-state index in [1.807, 2.05) is 36.4 Å². The molecule has 0 bridgehead atoms. The molecule has 3 amide bonds. The number of hydrogen-bond donors (Lipinski definition) is 3. The van der Waals surface area contributed by atoms with Gasteiger partial charge in [0.2, 0.25) is 5.91 Å². The number of anilines is 2. The van der Waals surface area contributed by atoms with Gasteiger partial charge in [-0.25, -0.2) is 0 Å². The Labute approximate surface area is 268 Å². The van der Waals surface area contributed by atoms with Crippen molar-refractivity contribution in [2.45, 2.75) is 10.1 Å². The zero-order chi connectivity index (χ0) is 32.3. The van der Waals surface area contributed by atoms with Gasteiger partial charge in [0, 0.05) is 40.3 Å². The number of aromatic nitrogens is 1. The quantitative estimate of drug-likeness (QED) is 0.0626. The van der Waals surface area contributed by atoms with Gasteiger partial charge in [0.1, 0.15) is 10.9 Å². The number of nitrogens with zero attached hydrogens (tertiary/aromatic N) is 2. The fourth-order valence-electron chi connectivity index (χ4n) is 4.40. The van der Waals surface area contributed by atoms with Gasteiger partial charge in [-0.1, -0.05) is 66.7 Å². The number of hydrogen-bond acceptors (Lipinski definition) is 7. The van der Waals surface area contributed by atoms with Crippen molar-refractivity contribution in [1.82, 2.24) is 10.3 Å². The van der Waals surface area contributed by atoms with Crippen LogP contribution in [0.15, 0.2) is 144 Å². The van der Waals surface area contributed by atoms with E-state index < -0.39 is 22.0 Å². The maximum atomic E-state index is 13.6. The standard InChI is InChI=1S/C35H27N5O5S/c41-33(25-12-5-2-6-13-25)39-30(22-26-14-7-8-17-31(26)40(44)45)34(42)38-28-15-9-16-29(23-28)46-32(24-10-3-1-4-11-24)35(43)37-27-18-20-36-21-19-27/h1-23,32H,(H,38,42)(H,39,41)(H,36,37,43)/b30-22+. The minimum Gasteiger partial charge on any atom is -0.325 e. The monoisotopic (exact) mass is 629 g/mol. The molecule has 46 heavy (non-hydrogen) atoms. The molecule has 4 aromatic carbocycles. The summed E-state index contributed by atoms with van der Waals surface area (Å²) in [6, 6.07) is 33.8. The molecule has 228 valence electrons. The predicted octanol–water partition coefficient (Wildman–Crippen LogP) is 6.87. The number of nitrogens with one attached hydrogen (secondary N) is 3. The second kappa shape index (κ2) is 15.1. The lowest BCUT2D eigenvalue weighted by atomic mass is 10.1. The maximum Gasteiger partial charge on any atom is 0.276 e. The summed E-state index contributed by atoms with van der Waals surface area (Å²) in [5.41, 5.74) is 1.81. The minimum absolute atomic E-state index is 0.140. The Morgan fingerprint density at radius 2 is 1.43 bits per heavy atom. The Bertz CT molecular complexity index is 1890. The van der Waals surface area contributed by atoms with Gasteiger partial charge in [-0.3, -0.25) is 29.5 Å². The van der Waals surface area contributed by atoms with Gasteiger partial charge >= 0.3 is 0 Å². The van der Waals surface area contributed by atoms with Gasteiger partial charge in [0.15, 0.2) is 0 Å². The Morgan fingerprint density at radius 1 is 0.761 bits per heavy atom. The van der Waals surface area contributed by atoms with Gasteiger partial charge in [0.25, 0.3) is 17.5 Å². The first-order valence-electron chi connectivity index (χ1n) is 14.0. The molecule has 11 heteroatoms. The third-order valence-electron chi connectivity index (χ3n) is 6.60. The molecule has 0 aliphatic carbocycles. The maximum absolute atomic E-state index is 13.6. The first-order chi connectivity index (χ1) is 22.4. The van der Waals surface area contributed by atoms with Crippen LogP contribution in [0.1, 0.15) is 26.7 Å². The van der Waals surface area contributed by atoms with Crippen LogP contribution in [-0.2, 0) is 9.59 Å². The van der Waals surface area contributed by atoms with Gasteiger partial charge in [-0.2, -0.15) is 0 Å². The number of thioether (sulfide) groups is 1. The number of nitro benzene ring substituents is 1. The fraction of sp³-hybridized carbons (Fsp3) is 0.0286. The van der Waals surface area contributed by atoms with Crippen LogP contribution in [0.3, 0.4) is 0 Å². The van der Waals surface area contributed by atoms with E-state index in [1.54, 1.807) is 79.1 Å². The van der Waals surface area contributed by atoms with Crippen molar-refractivity contribution in [3.63, 3.8) is 0 Å². The molecule has 1 heterocycles. The number of amides is 3. The summed E-state index contributed by atoms with van der Waals surface area (Å²) in [7, 11) is 0. The first kappa shape index (κ1) is 31.4. The van der Waals surface area contributed by atoms with Gasteiger partial charge < -0.3 is 16.0 Å². The highest BCUT2D eigenvalue weighted by Crippen LogP contribution is 2.37. The van der Waals surface area contributed by atoms with Crippen LogP contribution in [0.25, 0.3) is 6.08 Å². The van der Waals surface area contributed by atoms with E-state index in [1.165, 1.54) is 36.0 Å². The minimum atomic E-state index is -0.695. The van der Waals surface area contributed by atoms with E-state index in [9.17, 15) is 24.5 Å². The molecule has 10 nitrogen and oxygen atoms in total. The van der Waals surface area contributed by atoms with Crippen LogP contribution in [0.4, 0.5) is 17.1 Å². The molecule has 0 saturated heterocycles. The SMILES string of the molecule is O=C(Nc1cccc(SC(C(=O)Nc2ccncc2)c2ccccc2)c1)/C(=C\c1ccccc1[N+](=O)[O-])NC(=O)c1ccccc1. The molecule has 0 spiro atoms. The van der Waals surface area contributed by atoms with Crippen LogP contribution in [0.5, 0.6) is 0 Å². The van der Waals surface area contributed by atoms with Crippen LogP contribution in [-0.4, -0.2) is 27.6 Å². The Kier molecular flexibility index (Phi) is 10.3. The number of carbonyl (C=O) groups is 3. The molecule has 5 rings (SSSR count). The lowest BCUT2D eigenvalue weighted by Gasteiger charge is -2.18. The third kappa shape index (κ3) is 8.30. The highest BCUT2D eigenvalue weighted by atomic mass is 32.2. The summed E-state index contributed by atoms with van der Waals surface area (Å²) in [6.07, 6.45) is 4.45. The molecule has 1 aromatic heterocycles. The Hall–Kier alpha value is -6.07. The highest BCUT2D eigenvalue weighted by Gasteiger charge is 2.23. The highest BCUT2D eigenvalue weighted by molar-refractivity contribution is 8.00. The Morgan fingerprint density at radius 3 is 2.15 bits per heavy atom. The van der Waals surface area contributed by atoms with Crippen molar-refractivity contribution in [3.8, 4) is 0 Å². The van der Waals surface area contributed by atoms with Crippen LogP contribution in [0, 0.1) is 10.1 Å². The molecular weight excluding hydrogens is 602 g/mol. The summed E-state index contributed by atoms with van der Waals surface area (Å²) < 4.78 is 0. The molecule has 0 radical (unpaired) electrons.